The van der Waals surface area contributed by atoms with Gasteiger partial charge in [0, 0.05) is 19.2 Å². The summed E-state index contributed by atoms with van der Waals surface area (Å²) in [5.74, 6) is 0.422. The van der Waals surface area contributed by atoms with Crippen molar-refractivity contribution in [2.24, 2.45) is 5.92 Å². The number of hydrogen-bond acceptors (Lipinski definition) is 6. The molecule has 1 heterocycles. The van der Waals surface area contributed by atoms with Crippen LogP contribution in [-0.2, 0) is 26.2 Å². The van der Waals surface area contributed by atoms with Crippen molar-refractivity contribution in [2.75, 3.05) is 30.4 Å². The van der Waals surface area contributed by atoms with E-state index in [0.29, 0.717) is 24.5 Å². The van der Waals surface area contributed by atoms with E-state index in [1.165, 1.54) is 11.0 Å². The number of amides is 2. The Balaban J connectivity index is 1.94. The van der Waals surface area contributed by atoms with Crippen LogP contribution in [-0.4, -0.2) is 57.3 Å². The summed E-state index contributed by atoms with van der Waals surface area (Å²) in [6.07, 6.45) is 1.42. The van der Waals surface area contributed by atoms with E-state index in [9.17, 15) is 18.0 Å². The number of fused-ring (bicyclic) bond motifs is 1. The van der Waals surface area contributed by atoms with Gasteiger partial charge in [0.2, 0.25) is 28.6 Å². The Kier molecular flexibility index (Phi) is 8.84. The zero-order chi connectivity index (χ0) is 26.5. The quantitative estimate of drug-likeness (QED) is 0.491. The van der Waals surface area contributed by atoms with Gasteiger partial charge in [-0.3, -0.25) is 13.9 Å². The minimum atomic E-state index is -3.83. The molecule has 1 N–H and O–H groups in total. The summed E-state index contributed by atoms with van der Waals surface area (Å²) in [5, 5.41) is 2.92. The number of rotatable bonds is 11. The number of ether oxygens (including phenoxy) is 2. The van der Waals surface area contributed by atoms with Crippen molar-refractivity contribution in [1.29, 1.82) is 0 Å². The lowest BCUT2D eigenvalue weighted by Gasteiger charge is -2.33. The fourth-order valence-electron chi connectivity index (χ4n) is 3.97. The third kappa shape index (κ3) is 6.69. The van der Waals surface area contributed by atoms with Crippen LogP contribution in [0.5, 0.6) is 11.5 Å². The molecule has 1 aliphatic heterocycles. The second-order valence-electron chi connectivity index (χ2n) is 9.32. The average Bonchev–Trinajstić information content (AvgIpc) is 3.29. The number of carbonyl (C=O) groups excluding carboxylic acids is 2. The summed E-state index contributed by atoms with van der Waals surface area (Å²) < 4.78 is 37.2. The molecule has 0 saturated carbocycles. The average molecular weight is 518 g/mol. The second kappa shape index (κ2) is 11.6. The van der Waals surface area contributed by atoms with Crippen LogP contribution in [0.2, 0.25) is 0 Å². The first-order valence-electron chi connectivity index (χ1n) is 12.0. The van der Waals surface area contributed by atoms with Gasteiger partial charge in [-0.15, -0.1) is 0 Å². The maximum Gasteiger partial charge on any atom is 0.244 e. The smallest absolute Gasteiger partial charge is 0.244 e. The van der Waals surface area contributed by atoms with Gasteiger partial charge >= 0.3 is 0 Å². The molecule has 0 saturated heterocycles. The molecule has 0 unspecified atom stereocenters. The van der Waals surface area contributed by atoms with Crippen LogP contribution in [0.25, 0.3) is 0 Å². The zero-order valence-corrected chi connectivity index (χ0v) is 22.3. The van der Waals surface area contributed by atoms with Crippen molar-refractivity contribution in [2.45, 2.75) is 46.7 Å². The normalized spacial score (nSPS) is 13.4. The van der Waals surface area contributed by atoms with E-state index in [1.807, 2.05) is 52.0 Å². The van der Waals surface area contributed by atoms with Gasteiger partial charge in [0.15, 0.2) is 11.5 Å². The van der Waals surface area contributed by atoms with Crippen LogP contribution in [0.3, 0.4) is 0 Å². The van der Waals surface area contributed by atoms with Crippen LogP contribution in [0.4, 0.5) is 5.69 Å². The molecule has 36 heavy (non-hydrogen) atoms. The molecule has 0 radical (unpaired) electrons. The van der Waals surface area contributed by atoms with Crippen LogP contribution >= 0.6 is 0 Å². The SMILES string of the molecule is CC[C@H](C(=O)NCC(C)C)N(Cc1ccccc1C)C(=O)CN(c1ccc2c(c1)OCO2)S(C)(=O)=O. The molecule has 0 aliphatic carbocycles. The van der Waals surface area contributed by atoms with Crippen LogP contribution in [0, 0.1) is 12.8 Å². The van der Waals surface area contributed by atoms with Gasteiger partial charge in [0.1, 0.15) is 12.6 Å². The van der Waals surface area contributed by atoms with Crippen LogP contribution in [0.1, 0.15) is 38.3 Å². The Morgan fingerprint density at radius 3 is 2.42 bits per heavy atom. The van der Waals surface area contributed by atoms with Gasteiger partial charge in [-0.05, 0) is 42.5 Å². The van der Waals surface area contributed by atoms with Crippen molar-refractivity contribution in [3.05, 3.63) is 53.6 Å². The van der Waals surface area contributed by atoms with Crippen molar-refractivity contribution in [3.8, 4) is 11.5 Å². The van der Waals surface area contributed by atoms with E-state index in [2.05, 4.69) is 5.32 Å². The van der Waals surface area contributed by atoms with Crippen molar-refractivity contribution < 1.29 is 27.5 Å². The first-order valence-corrected chi connectivity index (χ1v) is 13.8. The Hall–Kier alpha value is -3.27. The third-order valence-electron chi connectivity index (χ3n) is 6.00. The maximum atomic E-state index is 13.7. The number of hydrogen-bond donors (Lipinski definition) is 1. The predicted molar refractivity (Wildman–Crippen MR) is 138 cm³/mol. The van der Waals surface area contributed by atoms with Crippen LogP contribution < -0.4 is 19.1 Å². The molecular weight excluding hydrogens is 482 g/mol. The molecule has 9 nitrogen and oxygen atoms in total. The fraction of sp³-hybridized carbons (Fsp3) is 0.462. The summed E-state index contributed by atoms with van der Waals surface area (Å²) in [5.41, 5.74) is 2.14. The molecule has 196 valence electrons. The third-order valence-corrected chi connectivity index (χ3v) is 7.14. The number of aryl methyl sites for hydroxylation is 1. The van der Waals surface area contributed by atoms with Gasteiger partial charge in [-0.25, -0.2) is 8.42 Å². The predicted octanol–water partition coefficient (Wildman–Crippen LogP) is 3.07. The van der Waals surface area contributed by atoms with Gasteiger partial charge in [-0.1, -0.05) is 45.0 Å². The van der Waals surface area contributed by atoms with Crippen molar-refractivity contribution in [3.63, 3.8) is 0 Å². The highest BCUT2D eigenvalue weighted by Gasteiger charge is 2.32. The Morgan fingerprint density at radius 1 is 1.08 bits per heavy atom. The molecule has 0 bridgehead atoms. The van der Waals surface area contributed by atoms with E-state index in [0.717, 1.165) is 21.7 Å². The summed E-state index contributed by atoms with van der Waals surface area (Å²) >= 11 is 0. The summed E-state index contributed by atoms with van der Waals surface area (Å²) in [7, 11) is -3.83. The molecule has 1 atom stereocenters. The van der Waals surface area contributed by atoms with Gasteiger partial charge in [0.25, 0.3) is 0 Å². The molecule has 2 aromatic rings. The molecule has 0 aromatic heterocycles. The molecule has 0 spiro atoms. The fourth-order valence-corrected chi connectivity index (χ4v) is 4.81. The molecule has 10 heteroatoms. The standard InChI is InChI=1S/C26H35N3O6S/c1-6-22(26(31)27-14-18(2)3)28(15-20-10-8-7-9-19(20)4)25(30)16-29(36(5,32)33)21-11-12-23-24(13-21)35-17-34-23/h7-13,18,22H,6,14-17H2,1-5H3,(H,27,31)/t22-/m1/s1. The van der Waals surface area contributed by atoms with Gasteiger partial charge in [0.05, 0.1) is 11.9 Å². The largest absolute Gasteiger partial charge is 0.454 e. The highest BCUT2D eigenvalue weighted by Crippen LogP contribution is 2.36. The number of benzene rings is 2. The van der Waals surface area contributed by atoms with Gasteiger partial charge in [-0.2, -0.15) is 0 Å². The molecule has 2 amide bonds. The van der Waals surface area contributed by atoms with E-state index >= 15 is 0 Å². The first kappa shape index (κ1) is 27.3. The summed E-state index contributed by atoms with van der Waals surface area (Å²) in [6.45, 7) is 8.01. The lowest BCUT2D eigenvalue weighted by atomic mass is 10.1. The molecule has 2 aromatic carbocycles. The monoisotopic (exact) mass is 517 g/mol. The van der Waals surface area contributed by atoms with E-state index in [4.69, 9.17) is 9.47 Å². The molecule has 1 aliphatic rings. The number of carbonyl (C=O) groups is 2. The summed E-state index contributed by atoms with van der Waals surface area (Å²) in [4.78, 5) is 28.3. The van der Waals surface area contributed by atoms with Crippen molar-refractivity contribution >= 4 is 27.5 Å². The maximum absolute atomic E-state index is 13.7. The molecule has 3 rings (SSSR count). The van der Waals surface area contributed by atoms with Gasteiger partial charge < -0.3 is 19.7 Å². The number of sulfonamides is 1. The minimum Gasteiger partial charge on any atom is -0.454 e. The van der Waals surface area contributed by atoms with Crippen molar-refractivity contribution in [1.82, 2.24) is 10.2 Å². The lowest BCUT2D eigenvalue weighted by molar-refractivity contribution is -0.140. The highest BCUT2D eigenvalue weighted by molar-refractivity contribution is 7.92. The van der Waals surface area contributed by atoms with E-state index < -0.39 is 28.5 Å². The minimum absolute atomic E-state index is 0.0461. The lowest BCUT2D eigenvalue weighted by Crippen LogP contribution is -2.52. The Labute approximate surface area is 213 Å². The topological polar surface area (TPSA) is 105 Å². The molecule has 0 fully saturated rings. The van der Waals surface area contributed by atoms with E-state index in [-0.39, 0.29) is 30.9 Å². The number of nitrogens with zero attached hydrogens (tertiary/aromatic N) is 2. The zero-order valence-electron chi connectivity index (χ0n) is 21.5. The Morgan fingerprint density at radius 2 is 1.78 bits per heavy atom. The first-order chi connectivity index (χ1) is 17.0. The number of nitrogens with one attached hydrogen (secondary N) is 1. The molecular formula is C26H35N3O6S. The van der Waals surface area contributed by atoms with Crippen LogP contribution in [0.15, 0.2) is 42.5 Å². The Bertz CT molecular complexity index is 1200. The highest BCUT2D eigenvalue weighted by atomic mass is 32.2. The summed E-state index contributed by atoms with van der Waals surface area (Å²) in [6, 6.07) is 11.6. The second-order valence-corrected chi connectivity index (χ2v) is 11.2. The van der Waals surface area contributed by atoms with E-state index in [1.54, 1.807) is 12.1 Å². The number of anilines is 1.